The molecule has 1 aliphatic rings. The number of aromatic carboxylic acids is 1. The molecule has 1 unspecified atom stereocenters. The Hall–Kier alpha value is -1.37. The Morgan fingerprint density at radius 2 is 2.10 bits per heavy atom. The molecular formula is C13H14ClNO4S. The molecule has 0 bridgehead atoms. The fourth-order valence-corrected chi connectivity index (χ4v) is 3.66. The molecule has 0 radical (unpaired) electrons. The third-order valence-electron chi connectivity index (χ3n) is 3.07. The second kappa shape index (κ2) is 5.95. The molecule has 7 heteroatoms. The number of hydrogen-bond acceptors (Lipinski definition) is 3. The molecule has 2 rings (SSSR count). The number of carboxylic acids is 1. The topological polar surface area (TPSA) is 83.5 Å². The third kappa shape index (κ3) is 3.39. The van der Waals surface area contributed by atoms with Crippen LogP contribution >= 0.6 is 11.6 Å². The fraction of sp³-hybridized carbons (Fsp3) is 0.308. The monoisotopic (exact) mass is 315 g/mol. The molecule has 0 saturated carbocycles. The normalized spacial score (nSPS) is 18.9. The quantitative estimate of drug-likeness (QED) is 0.836. The zero-order valence-corrected chi connectivity index (χ0v) is 12.1. The van der Waals surface area contributed by atoms with Crippen LogP contribution in [0.4, 0.5) is 0 Å². The van der Waals surface area contributed by atoms with E-state index in [9.17, 15) is 13.2 Å². The van der Waals surface area contributed by atoms with Crippen molar-refractivity contribution in [2.45, 2.75) is 30.2 Å². The summed E-state index contributed by atoms with van der Waals surface area (Å²) in [6.07, 6.45) is 6.20. The van der Waals surface area contributed by atoms with Crippen LogP contribution in [0.5, 0.6) is 0 Å². The summed E-state index contributed by atoms with van der Waals surface area (Å²) in [5, 5.41) is 8.77. The third-order valence-corrected chi connectivity index (χ3v) is 4.90. The molecule has 2 N–H and O–H groups in total. The molecule has 0 heterocycles. The van der Waals surface area contributed by atoms with Crippen molar-refractivity contribution < 1.29 is 18.3 Å². The van der Waals surface area contributed by atoms with E-state index in [4.69, 9.17) is 16.7 Å². The van der Waals surface area contributed by atoms with Crippen LogP contribution in [0.2, 0.25) is 5.02 Å². The lowest BCUT2D eigenvalue weighted by Gasteiger charge is -2.19. The van der Waals surface area contributed by atoms with Crippen molar-refractivity contribution in [2.75, 3.05) is 0 Å². The highest BCUT2D eigenvalue weighted by molar-refractivity contribution is 7.89. The van der Waals surface area contributed by atoms with Crippen LogP contribution in [0, 0.1) is 0 Å². The maximum Gasteiger partial charge on any atom is 0.337 e. The molecule has 0 aromatic heterocycles. The molecule has 1 aliphatic carbocycles. The fourth-order valence-electron chi connectivity index (χ4n) is 2.02. The molecule has 0 spiro atoms. The molecule has 0 amide bonds. The Morgan fingerprint density at radius 3 is 2.65 bits per heavy atom. The van der Waals surface area contributed by atoms with Gasteiger partial charge >= 0.3 is 5.97 Å². The predicted octanol–water partition coefficient (Wildman–Crippen LogP) is 2.43. The number of sulfonamides is 1. The number of benzene rings is 1. The molecule has 5 nitrogen and oxygen atoms in total. The zero-order chi connectivity index (χ0) is 14.8. The molecule has 1 aromatic rings. The lowest BCUT2D eigenvalue weighted by molar-refractivity contribution is 0.0697. The molecular weight excluding hydrogens is 302 g/mol. The second-order valence-electron chi connectivity index (χ2n) is 4.55. The van der Waals surface area contributed by atoms with Gasteiger partial charge in [0.05, 0.1) is 15.5 Å². The number of rotatable bonds is 4. The van der Waals surface area contributed by atoms with Gasteiger partial charge in [0.15, 0.2) is 0 Å². The highest BCUT2D eigenvalue weighted by Crippen LogP contribution is 2.22. The Labute approximate surface area is 122 Å². The van der Waals surface area contributed by atoms with E-state index in [-0.39, 0.29) is 21.5 Å². The van der Waals surface area contributed by atoms with E-state index < -0.39 is 16.0 Å². The van der Waals surface area contributed by atoms with Crippen LogP contribution in [0.1, 0.15) is 29.6 Å². The van der Waals surface area contributed by atoms with E-state index in [1.54, 1.807) is 0 Å². The van der Waals surface area contributed by atoms with Crippen LogP contribution < -0.4 is 4.72 Å². The first kappa shape index (κ1) is 15.0. The van der Waals surface area contributed by atoms with Crippen molar-refractivity contribution in [3.8, 4) is 0 Å². The molecule has 1 atom stereocenters. The van der Waals surface area contributed by atoms with Gasteiger partial charge in [0.2, 0.25) is 10.0 Å². The van der Waals surface area contributed by atoms with Crippen LogP contribution in [-0.4, -0.2) is 25.5 Å². The standard InChI is InChI=1S/C13H14ClNO4S/c14-12-8-10(6-7-11(12)13(16)17)20(18,19)15-9-4-2-1-3-5-9/h1-2,6-9,15H,3-5H2,(H,16,17). The number of halogens is 1. The van der Waals surface area contributed by atoms with Crippen molar-refractivity contribution in [3.05, 3.63) is 40.9 Å². The summed E-state index contributed by atoms with van der Waals surface area (Å²) < 4.78 is 27.0. The molecule has 20 heavy (non-hydrogen) atoms. The van der Waals surface area contributed by atoms with E-state index >= 15 is 0 Å². The van der Waals surface area contributed by atoms with Gasteiger partial charge in [-0.05, 0) is 37.5 Å². The van der Waals surface area contributed by atoms with Crippen LogP contribution in [-0.2, 0) is 10.0 Å². The van der Waals surface area contributed by atoms with Crippen molar-refractivity contribution in [3.63, 3.8) is 0 Å². The minimum atomic E-state index is -3.69. The lowest BCUT2D eigenvalue weighted by Crippen LogP contribution is -2.35. The molecule has 108 valence electrons. The van der Waals surface area contributed by atoms with Crippen molar-refractivity contribution in [2.24, 2.45) is 0 Å². The van der Waals surface area contributed by atoms with E-state index in [1.807, 2.05) is 12.2 Å². The molecule has 1 aromatic carbocycles. The van der Waals surface area contributed by atoms with Crippen molar-refractivity contribution in [1.82, 2.24) is 4.72 Å². The smallest absolute Gasteiger partial charge is 0.337 e. The molecule has 0 aliphatic heterocycles. The van der Waals surface area contributed by atoms with E-state index in [0.29, 0.717) is 6.42 Å². The number of carboxylic acid groups (broad SMARTS) is 1. The summed E-state index contributed by atoms with van der Waals surface area (Å²) in [7, 11) is -3.69. The van der Waals surface area contributed by atoms with Gasteiger partial charge in [-0.25, -0.2) is 17.9 Å². The Bertz CT molecular complexity index is 654. The summed E-state index contributed by atoms with van der Waals surface area (Å²) >= 11 is 5.79. The molecule has 0 saturated heterocycles. The summed E-state index contributed by atoms with van der Waals surface area (Å²) in [5.74, 6) is -1.19. The summed E-state index contributed by atoms with van der Waals surface area (Å²) in [5.41, 5.74) is -0.119. The minimum Gasteiger partial charge on any atom is -0.478 e. The van der Waals surface area contributed by atoms with Gasteiger partial charge < -0.3 is 5.11 Å². The number of hydrogen-bond donors (Lipinski definition) is 2. The van der Waals surface area contributed by atoms with E-state index in [0.717, 1.165) is 18.9 Å². The average Bonchev–Trinajstić information content (AvgIpc) is 2.38. The Morgan fingerprint density at radius 1 is 1.35 bits per heavy atom. The first-order chi connectivity index (χ1) is 9.40. The maximum absolute atomic E-state index is 12.2. The molecule has 0 fully saturated rings. The van der Waals surface area contributed by atoms with Gasteiger partial charge in [-0.2, -0.15) is 0 Å². The number of nitrogens with one attached hydrogen (secondary N) is 1. The van der Waals surface area contributed by atoms with Crippen LogP contribution in [0.15, 0.2) is 35.2 Å². The van der Waals surface area contributed by atoms with Crippen molar-refractivity contribution in [1.29, 1.82) is 0 Å². The highest BCUT2D eigenvalue weighted by atomic mass is 35.5. The highest BCUT2D eigenvalue weighted by Gasteiger charge is 2.21. The van der Waals surface area contributed by atoms with E-state index in [2.05, 4.69) is 4.72 Å². The Kier molecular flexibility index (Phi) is 4.47. The van der Waals surface area contributed by atoms with Crippen LogP contribution in [0.3, 0.4) is 0 Å². The van der Waals surface area contributed by atoms with E-state index in [1.165, 1.54) is 12.1 Å². The SMILES string of the molecule is O=C(O)c1ccc(S(=O)(=O)NC2CC=CCC2)cc1Cl. The van der Waals surface area contributed by atoms with Gasteiger partial charge in [0.1, 0.15) is 0 Å². The first-order valence-electron chi connectivity index (χ1n) is 6.10. The number of allylic oxidation sites excluding steroid dienone is 1. The maximum atomic E-state index is 12.2. The second-order valence-corrected chi connectivity index (χ2v) is 6.67. The number of carbonyl (C=O) groups is 1. The van der Waals surface area contributed by atoms with Gasteiger partial charge in [0, 0.05) is 6.04 Å². The first-order valence-corrected chi connectivity index (χ1v) is 7.96. The minimum absolute atomic E-state index is 0.0259. The summed E-state index contributed by atoms with van der Waals surface area (Å²) in [4.78, 5) is 10.8. The summed E-state index contributed by atoms with van der Waals surface area (Å²) in [6.45, 7) is 0. The average molecular weight is 316 g/mol. The summed E-state index contributed by atoms with van der Waals surface area (Å²) in [6, 6.07) is 3.46. The van der Waals surface area contributed by atoms with Gasteiger partial charge in [-0.1, -0.05) is 23.8 Å². The van der Waals surface area contributed by atoms with Gasteiger partial charge in [0.25, 0.3) is 0 Å². The van der Waals surface area contributed by atoms with Crippen molar-refractivity contribution >= 4 is 27.6 Å². The Balaban J connectivity index is 2.23. The zero-order valence-electron chi connectivity index (χ0n) is 10.5. The van der Waals surface area contributed by atoms with Gasteiger partial charge in [-0.15, -0.1) is 0 Å². The predicted molar refractivity (Wildman–Crippen MR) is 75.5 cm³/mol. The lowest BCUT2D eigenvalue weighted by atomic mass is 10.0. The van der Waals surface area contributed by atoms with Gasteiger partial charge in [-0.3, -0.25) is 0 Å². The largest absolute Gasteiger partial charge is 0.478 e. The van der Waals surface area contributed by atoms with Crippen LogP contribution in [0.25, 0.3) is 0 Å².